The van der Waals surface area contributed by atoms with Gasteiger partial charge in [0, 0.05) is 18.3 Å². The number of nitrogens with zero attached hydrogens (tertiary/aromatic N) is 4. The van der Waals surface area contributed by atoms with Gasteiger partial charge in [-0.15, -0.1) is 0 Å². The minimum Gasteiger partial charge on any atom is -0.326 e. The molecule has 0 fully saturated rings. The molecular weight excluding hydrogens is 476 g/mol. The Morgan fingerprint density at radius 1 is 0.641 bits per heavy atom. The first-order chi connectivity index (χ1) is 19.3. The number of fused-ring (bicyclic) bond motifs is 2. The number of imidazole rings is 1. The van der Waals surface area contributed by atoms with E-state index in [4.69, 9.17) is 0 Å². The maximum atomic E-state index is 2.37. The lowest BCUT2D eigenvalue weighted by atomic mass is 10.2. The maximum absolute atomic E-state index is 2.37. The largest absolute Gasteiger partial charge is 0.326 e. The van der Waals surface area contributed by atoms with E-state index >= 15 is 0 Å². The first-order valence-electron chi connectivity index (χ1n) is 13.7. The van der Waals surface area contributed by atoms with Crippen LogP contribution in [0.2, 0.25) is 0 Å². The maximum Gasteiger partial charge on any atom is 0.287 e. The standard InChI is InChI=1S/C35H33N4/c1-3-36-30-22-14-16-24-32(30)38(28-18-8-5-9-19-28)34(36)26-12-7-13-27-35-37(4-2)31-23-15-17-25-33(31)39(35)29-20-10-6-11-21-29/h5-27H,3-4H2,1-2H3/q+1. The van der Waals surface area contributed by atoms with Crippen molar-refractivity contribution in [2.45, 2.75) is 20.4 Å². The van der Waals surface area contributed by atoms with E-state index in [9.17, 15) is 0 Å². The van der Waals surface area contributed by atoms with Crippen LogP contribution in [0.1, 0.15) is 19.7 Å². The molecule has 0 aliphatic carbocycles. The minimum absolute atomic E-state index is 0.892. The van der Waals surface area contributed by atoms with Gasteiger partial charge in [0.05, 0.1) is 17.9 Å². The van der Waals surface area contributed by atoms with Crippen molar-refractivity contribution in [3.05, 3.63) is 145 Å². The van der Waals surface area contributed by atoms with Crippen molar-refractivity contribution in [2.75, 3.05) is 16.3 Å². The predicted molar refractivity (Wildman–Crippen MR) is 163 cm³/mol. The molecule has 0 radical (unpaired) electrons. The van der Waals surface area contributed by atoms with Crippen molar-refractivity contribution in [1.82, 2.24) is 4.57 Å². The molecule has 2 heterocycles. The Kier molecular flexibility index (Phi) is 6.84. The Hall–Kier alpha value is -4.83. The summed E-state index contributed by atoms with van der Waals surface area (Å²) in [4.78, 5) is 4.71. The topological polar surface area (TPSA) is 15.3 Å². The summed E-state index contributed by atoms with van der Waals surface area (Å²) in [6.45, 7) is 6.19. The fourth-order valence-electron chi connectivity index (χ4n) is 5.54. The zero-order valence-corrected chi connectivity index (χ0v) is 22.5. The zero-order valence-electron chi connectivity index (χ0n) is 22.5. The Morgan fingerprint density at radius 2 is 1.28 bits per heavy atom. The van der Waals surface area contributed by atoms with E-state index in [-0.39, 0.29) is 0 Å². The summed E-state index contributed by atoms with van der Waals surface area (Å²) in [6, 6.07) is 38.4. The Labute approximate surface area is 230 Å². The van der Waals surface area contributed by atoms with Crippen LogP contribution in [-0.2, 0) is 6.54 Å². The molecule has 0 saturated carbocycles. The van der Waals surface area contributed by atoms with Crippen LogP contribution in [0.3, 0.4) is 0 Å². The van der Waals surface area contributed by atoms with Crippen LogP contribution in [0.4, 0.5) is 17.1 Å². The minimum atomic E-state index is 0.892. The number of benzene rings is 4. The Balaban J connectivity index is 1.38. The third-order valence-electron chi connectivity index (χ3n) is 7.21. The monoisotopic (exact) mass is 509 g/mol. The molecule has 0 unspecified atom stereocenters. The molecule has 39 heavy (non-hydrogen) atoms. The van der Waals surface area contributed by atoms with Crippen molar-refractivity contribution < 1.29 is 4.57 Å². The molecule has 0 amide bonds. The van der Waals surface area contributed by atoms with E-state index in [1.54, 1.807) is 0 Å². The summed E-state index contributed by atoms with van der Waals surface area (Å²) in [6.07, 6.45) is 10.8. The molecule has 1 aliphatic rings. The fraction of sp³-hybridized carbons (Fsp3) is 0.114. The second-order valence-corrected chi connectivity index (χ2v) is 9.43. The lowest BCUT2D eigenvalue weighted by molar-refractivity contribution is -0.670. The summed E-state index contributed by atoms with van der Waals surface area (Å²) in [5, 5.41) is 0. The smallest absolute Gasteiger partial charge is 0.287 e. The molecule has 1 aromatic heterocycles. The highest BCUT2D eigenvalue weighted by molar-refractivity contribution is 5.88. The molecule has 0 bridgehead atoms. The van der Waals surface area contributed by atoms with Crippen molar-refractivity contribution in [3.8, 4) is 5.69 Å². The molecule has 0 saturated heterocycles. The molecule has 6 rings (SSSR count). The fourth-order valence-corrected chi connectivity index (χ4v) is 5.54. The first kappa shape index (κ1) is 24.5. The second kappa shape index (κ2) is 10.9. The number of rotatable bonds is 7. The lowest BCUT2D eigenvalue weighted by Gasteiger charge is -2.24. The van der Waals surface area contributed by atoms with E-state index < -0.39 is 0 Å². The highest BCUT2D eigenvalue weighted by Gasteiger charge is 2.30. The molecule has 0 N–H and O–H groups in total. The Morgan fingerprint density at radius 3 is 2.00 bits per heavy atom. The quantitative estimate of drug-likeness (QED) is 0.163. The zero-order chi connectivity index (χ0) is 26.6. The van der Waals surface area contributed by atoms with E-state index in [0.717, 1.165) is 36.1 Å². The number of para-hydroxylation sites is 6. The van der Waals surface area contributed by atoms with Gasteiger partial charge < -0.3 is 4.90 Å². The van der Waals surface area contributed by atoms with Crippen LogP contribution in [0.5, 0.6) is 0 Å². The molecule has 4 heteroatoms. The van der Waals surface area contributed by atoms with Gasteiger partial charge in [-0.25, -0.2) is 4.57 Å². The van der Waals surface area contributed by atoms with Gasteiger partial charge in [0.1, 0.15) is 11.5 Å². The molecular formula is C35H33N4+. The normalized spacial score (nSPS) is 14.4. The van der Waals surface area contributed by atoms with E-state index in [0.29, 0.717) is 0 Å². The van der Waals surface area contributed by atoms with E-state index in [2.05, 4.69) is 172 Å². The summed E-state index contributed by atoms with van der Waals surface area (Å²) < 4.78 is 4.71. The van der Waals surface area contributed by atoms with Crippen LogP contribution < -0.4 is 14.4 Å². The van der Waals surface area contributed by atoms with Gasteiger partial charge in [0.15, 0.2) is 11.0 Å². The highest BCUT2D eigenvalue weighted by atomic mass is 15.4. The van der Waals surface area contributed by atoms with Crippen LogP contribution >= 0.6 is 0 Å². The number of hydrogen-bond acceptors (Lipinski definition) is 2. The van der Waals surface area contributed by atoms with Crippen molar-refractivity contribution in [2.24, 2.45) is 0 Å². The van der Waals surface area contributed by atoms with Gasteiger partial charge in [-0.3, -0.25) is 4.90 Å². The van der Waals surface area contributed by atoms with Crippen LogP contribution in [0, 0.1) is 0 Å². The third-order valence-corrected chi connectivity index (χ3v) is 7.21. The van der Waals surface area contributed by atoms with Gasteiger partial charge in [-0.05, 0) is 68.5 Å². The van der Waals surface area contributed by atoms with Crippen LogP contribution in [0.15, 0.2) is 139 Å². The summed E-state index contributed by atoms with van der Waals surface area (Å²) in [7, 11) is 0. The van der Waals surface area contributed by atoms with Crippen molar-refractivity contribution in [3.63, 3.8) is 0 Å². The third kappa shape index (κ3) is 4.44. The van der Waals surface area contributed by atoms with Gasteiger partial charge in [0.25, 0.3) is 5.82 Å². The second-order valence-electron chi connectivity index (χ2n) is 9.43. The van der Waals surface area contributed by atoms with Gasteiger partial charge >= 0.3 is 0 Å². The summed E-state index contributed by atoms with van der Waals surface area (Å²) >= 11 is 0. The average molecular weight is 510 g/mol. The number of hydrogen-bond donors (Lipinski definition) is 0. The average Bonchev–Trinajstić information content (AvgIpc) is 3.49. The number of aryl methyl sites for hydroxylation is 1. The van der Waals surface area contributed by atoms with E-state index in [1.807, 2.05) is 0 Å². The lowest BCUT2D eigenvalue weighted by Crippen LogP contribution is -2.35. The number of anilines is 3. The molecule has 192 valence electrons. The number of allylic oxidation sites excluding steroid dienone is 4. The SMILES string of the molecule is CCN1C(=CC=CC=Cc2n(-c3ccccc3)c3ccccc3[n+]2CC)N(c2ccccc2)c2ccccc21. The van der Waals surface area contributed by atoms with Crippen molar-refractivity contribution >= 4 is 34.2 Å². The predicted octanol–water partition coefficient (Wildman–Crippen LogP) is 8.03. The first-order valence-corrected chi connectivity index (χ1v) is 13.7. The molecule has 4 aromatic carbocycles. The van der Waals surface area contributed by atoms with E-state index in [1.165, 1.54) is 22.4 Å². The molecule has 0 atom stereocenters. The number of aromatic nitrogens is 2. The van der Waals surface area contributed by atoms with Gasteiger partial charge in [-0.1, -0.05) is 78.9 Å². The molecule has 4 nitrogen and oxygen atoms in total. The molecule has 0 spiro atoms. The molecule has 5 aromatic rings. The summed E-state index contributed by atoms with van der Waals surface area (Å²) in [5.41, 5.74) is 7.19. The van der Waals surface area contributed by atoms with Crippen LogP contribution in [-0.4, -0.2) is 11.1 Å². The summed E-state index contributed by atoms with van der Waals surface area (Å²) in [5.74, 6) is 2.30. The molecule has 1 aliphatic heterocycles. The van der Waals surface area contributed by atoms with Crippen molar-refractivity contribution in [1.29, 1.82) is 0 Å². The Bertz CT molecular complexity index is 1680. The van der Waals surface area contributed by atoms with Gasteiger partial charge in [-0.2, -0.15) is 4.57 Å². The van der Waals surface area contributed by atoms with Crippen LogP contribution in [0.25, 0.3) is 22.8 Å². The van der Waals surface area contributed by atoms with Gasteiger partial charge in [0.2, 0.25) is 0 Å². The highest BCUT2D eigenvalue weighted by Crippen LogP contribution is 2.45.